The van der Waals surface area contributed by atoms with Gasteiger partial charge in [0.2, 0.25) is 0 Å². The van der Waals surface area contributed by atoms with Gasteiger partial charge in [-0.3, -0.25) is 4.79 Å². The van der Waals surface area contributed by atoms with Crippen LogP contribution in [-0.2, 0) is 28.2 Å². The number of nitrogens with zero attached hydrogens (tertiary/aromatic N) is 1. The van der Waals surface area contributed by atoms with Crippen molar-refractivity contribution < 1.29 is 27.4 Å². The van der Waals surface area contributed by atoms with Crippen molar-refractivity contribution in [1.29, 1.82) is 0 Å². The van der Waals surface area contributed by atoms with E-state index >= 15 is 0 Å². The van der Waals surface area contributed by atoms with Crippen molar-refractivity contribution in [2.45, 2.75) is 45.3 Å². The molecule has 0 bridgehead atoms. The van der Waals surface area contributed by atoms with Gasteiger partial charge in [0.05, 0.1) is 13.2 Å². The first kappa shape index (κ1) is 19.6. The smallest absolute Gasteiger partial charge is 0.324 e. The average molecular weight is 358 g/mol. The number of carbonyl (C=O) groups excluding carboxylic acids is 1. The number of esters is 1. The fourth-order valence-electron chi connectivity index (χ4n) is 2.26. The number of ether oxygens (including phenoxy) is 3. The summed E-state index contributed by atoms with van der Waals surface area (Å²) in [6.45, 7) is 5.31. The minimum atomic E-state index is -3.95. The molecule has 0 aliphatic carbocycles. The second-order valence-electron chi connectivity index (χ2n) is 4.94. The molecule has 0 unspecified atom stereocenters. The van der Waals surface area contributed by atoms with E-state index < -0.39 is 27.4 Å². The molecule has 1 fully saturated rings. The van der Waals surface area contributed by atoms with Gasteiger partial charge in [-0.25, -0.2) is 0 Å². The van der Waals surface area contributed by atoms with Crippen LogP contribution in [-0.4, -0.2) is 63.8 Å². The van der Waals surface area contributed by atoms with Crippen molar-refractivity contribution >= 4 is 25.9 Å². The van der Waals surface area contributed by atoms with Crippen LogP contribution in [0.1, 0.15) is 33.1 Å². The molecule has 7 nitrogen and oxygen atoms in total. The molecule has 1 aliphatic heterocycles. The molecular formula is C13H24ClNO6S. The zero-order valence-corrected chi connectivity index (χ0v) is 14.6. The average Bonchev–Trinajstić information content (AvgIpc) is 2.49. The lowest BCUT2D eigenvalue weighted by Gasteiger charge is -2.31. The summed E-state index contributed by atoms with van der Waals surface area (Å²) in [5, 5.41) is 0. The van der Waals surface area contributed by atoms with E-state index in [0.29, 0.717) is 26.1 Å². The zero-order chi connectivity index (χ0) is 16.6. The van der Waals surface area contributed by atoms with E-state index in [1.54, 1.807) is 0 Å². The van der Waals surface area contributed by atoms with E-state index in [0.717, 1.165) is 10.7 Å². The predicted octanol–water partition coefficient (Wildman–Crippen LogP) is 1.31. The highest BCUT2D eigenvalue weighted by Crippen LogP contribution is 2.23. The molecule has 0 aromatic rings. The van der Waals surface area contributed by atoms with Crippen LogP contribution in [0.15, 0.2) is 0 Å². The van der Waals surface area contributed by atoms with Crippen molar-refractivity contribution in [2.75, 3.05) is 33.0 Å². The fourth-order valence-corrected chi connectivity index (χ4v) is 3.60. The minimum Gasteiger partial charge on any atom is -0.456 e. The number of hydrogen-bond acceptors (Lipinski definition) is 6. The second kappa shape index (κ2) is 9.67. The third kappa shape index (κ3) is 6.37. The monoisotopic (exact) mass is 357 g/mol. The highest BCUT2D eigenvalue weighted by atomic mass is 35.7. The Morgan fingerprint density at radius 3 is 2.32 bits per heavy atom. The van der Waals surface area contributed by atoms with Crippen LogP contribution in [0.2, 0.25) is 0 Å². The Morgan fingerprint density at radius 1 is 1.23 bits per heavy atom. The molecule has 9 heteroatoms. The third-order valence-corrected chi connectivity index (χ3v) is 4.83. The van der Waals surface area contributed by atoms with E-state index in [9.17, 15) is 13.2 Å². The number of rotatable bonds is 9. The van der Waals surface area contributed by atoms with E-state index in [2.05, 4.69) is 0 Å². The highest BCUT2D eigenvalue weighted by Gasteiger charge is 2.37. The molecule has 1 atom stereocenters. The maximum Gasteiger partial charge on any atom is 0.324 e. The molecule has 1 aliphatic rings. The lowest BCUT2D eigenvalue weighted by molar-refractivity contribution is -0.161. The Morgan fingerprint density at radius 2 is 1.82 bits per heavy atom. The van der Waals surface area contributed by atoms with Crippen LogP contribution >= 0.6 is 10.7 Å². The van der Waals surface area contributed by atoms with Gasteiger partial charge < -0.3 is 14.2 Å². The molecule has 0 aromatic carbocycles. The van der Waals surface area contributed by atoms with Gasteiger partial charge in [-0.15, -0.1) is 0 Å². The van der Waals surface area contributed by atoms with Gasteiger partial charge in [-0.2, -0.15) is 12.7 Å². The van der Waals surface area contributed by atoms with Crippen LogP contribution in [0.25, 0.3) is 0 Å². The Hall–Kier alpha value is -0.410. The van der Waals surface area contributed by atoms with Gasteiger partial charge in [-0.05, 0) is 33.1 Å². The Kier molecular flexibility index (Phi) is 8.63. The van der Waals surface area contributed by atoms with E-state index in [-0.39, 0.29) is 19.8 Å². The fraction of sp³-hybridized carbons (Fsp3) is 0.923. The molecule has 0 aromatic heterocycles. The summed E-state index contributed by atoms with van der Waals surface area (Å²) in [7, 11) is 1.45. The first-order valence-corrected chi connectivity index (χ1v) is 9.74. The van der Waals surface area contributed by atoms with Crippen LogP contribution in [0.3, 0.4) is 0 Å². The summed E-state index contributed by atoms with van der Waals surface area (Å²) in [5.74, 6) is -0.603. The van der Waals surface area contributed by atoms with Crippen molar-refractivity contribution in [3.8, 4) is 0 Å². The van der Waals surface area contributed by atoms with Crippen LogP contribution in [0.4, 0.5) is 0 Å². The van der Waals surface area contributed by atoms with E-state index in [1.807, 2.05) is 13.8 Å². The molecule has 130 valence electrons. The topological polar surface area (TPSA) is 82.1 Å². The molecule has 22 heavy (non-hydrogen) atoms. The second-order valence-corrected chi connectivity index (χ2v) is 7.41. The Bertz CT molecular complexity index is 436. The normalized spacial score (nSPS) is 20.3. The maximum atomic E-state index is 12.3. The van der Waals surface area contributed by atoms with Gasteiger partial charge in [0.1, 0.15) is 12.1 Å². The predicted molar refractivity (Wildman–Crippen MR) is 82.0 cm³/mol. The maximum absolute atomic E-state index is 12.3. The summed E-state index contributed by atoms with van der Waals surface area (Å²) in [6.07, 6.45) is 1.27. The van der Waals surface area contributed by atoms with Gasteiger partial charge in [0.25, 0.3) is 0 Å². The third-order valence-electron chi connectivity index (χ3n) is 3.30. The molecule has 1 heterocycles. The Labute approximate surface area is 136 Å². The van der Waals surface area contributed by atoms with Gasteiger partial charge >= 0.3 is 15.2 Å². The van der Waals surface area contributed by atoms with E-state index in [1.165, 1.54) is 0 Å². The van der Waals surface area contributed by atoms with Gasteiger partial charge in [-0.1, -0.05) is 0 Å². The summed E-state index contributed by atoms with van der Waals surface area (Å²) < 4.78 is 40.0. The summed E-state index contributed by atoms with van der Waals surface area (Å²) >= 11 is 0. The SMILES string of the molecule is CCOCC(COCC)OC(=O)[C@@H]1CCCCN1S(=O)(=O)Cl. The van der Waals surface area contributed by atoms with Crippen molar-refractivity contribution in [2.24, 2.45) is 0 Å². The molecule has 1 saturated heterocycles. The summed E-state index contributed by atoms with van der Waals surface area (Å²) in [6, 6.07) is -0.873. The lowest BCUT2D eigenvalue weighted by Crippen LogP contribution is -2.48. The lowest BCUT2D eigenvalue weighted by atomic mass is 10.1. The summed E-state index contributed by atoms with van der Waals surface area (Å²) in [5.41, 5.74) is 0. The first-order chi connectivity index (χ1) is 10.4. The number of halogens is 1. The van der Waals surface area contributed by atoms with E-state index in [4.69, 9.17) is 24.9 Å². The van der Waals surface area contributed by atoms with Crippen molar-refractivity contribution in [3.05, 3.63) is 0 Å². The molecular weight excluding hydrogens is 334 g/mol. The van der Waals surface area contributed by atoms with Crippen LogP contribution in [0.5, 0.6) is 0 Å². The number of carbonyl (C=O) groups is 1. The minimum absolute atomic E-state index is 0.211. The molecule has 0 amide bonds. The molecule has 1 rings (SSSR count). The highest BCUT2D eigenvalue weighted by molar-refractivity contribution is 8.11. The molecule has 0 saturated carbocycles. The van der Waals surface area contributed by atoms with Crippen molar-refractivity contribution in [1.82, 2.24) is 4.31 Å². The number of piperidine rings is 1. The molecule has 0 N–H and O–H groups in total. The quantitative estimate of drug-likeness (QED) is 0.457. The van der Waals surface area contributed by atoms with Gasteiger partial charge in [0.15, 0.2) is 0 Å². The van der Waals surface area contributed by atoms with Crippen molar-refractivity contribution in [3.63, 3.8) is 0 Å². The zero-order valence-electron chi connectivity index (χ0n) is 13.0. The van der Waals surface area contributed by atoms with Crippen LogP contribution < -0.4 is 0 Å². The largest absolute Gasteiger partial charge is 0.456 e. The van der Waals surface area contributed by atoms with Gasteiger partial charge in [0, 0.05) is 30.4 Å². The standard InChI is InChI=1S/C13H24ClNO6S/c1-3-19-9-11(10-20-4-2)21-13(16)12-7-5-6-8-15(12)22(14,17)18/h11-12H,3-10H2,1-2H3/t12-/m0/s1. The van der Waals surface area contributed by atoms with Crippen LogP contribution in [0, 0.1) is 0 Å². The number of hydrogen-bond donors (Lipinski definition) is 0. The molecule has 0 radical (unpaired) electrons. The first-order valence-electron chi connectivity index (χ1n) is 7.47. The Balaban J connectivity index is 2.69. The molecule has 0 spiro atoms. The summed E-state index contributed by atoms with van der Waals surface area (Å²) in [4.78, 5) is 12.3.